The molecule has 3 heterocycles. The summed E-state index contributed by atoms with van der Waals surface area (Å²) in [4.78, 5) is 18.1. The molecule has 5 rings (SSSR count). The lowest BCUT2D eigenvalue weighted by Gasteiger charge is -2.39. The van der Waals surface area contributed by atoms with Crippen LogP contribution in [-0.2, 0) is 9.53 Å². The van der Waals surface area contributed by atoms with Gasteiger partial charge in [-0.15, -0.1) is 0 Å². The molecule has 2 saturated heterocycles. The molecule has 2 unspecified atom stereocenters. The molecule has 2 fully saturated rings. The Kier molecular flexibility index (Phi) is 5.63. The van der Waals surface area contributed by atoms with E-state index >= 15 is 0 Å². The van der Waals surface area contributed by atoms with Crippen LogP contribution in [0.2, 0.25) is 0 Å². The Morgan fingerprint density at radius 1 is 1.00 bits per heavy atom. The van der Waals surface area contributed by atoms with E-state index in [1.54, 1.807) is 23.1 Å². The van der Waals surface area contributed by atoms with Crippen LogP contribution in [0.3, 0.4) is 0 Å². The van der Waals surface area contributed by atoms with Gasteiger partial charge in [-0.05, 0) is 73.8 Å². The highest BCUT2D eigenvalue weighted by atomic mass is 19.1. The molecule has 5 nitrogen and oxygen atoms in total. The number of hydrogen-bond acceptors (Lipinski definition) is 4. The van der Waals surface area contributed by atoms with Gasteiger partial charge < -0.3 is 19.4 Å². The average Bonchev–Trinajstić information content (AvgIpc) is 3.32. The Morgan fingerprint density at radius 3 is 2.55 bits per heavy atom. The molecule has 31 heavy (non-hydrogen) atoms. The Bertz CT molecular complexity index is 952. The van der Waals surface area contributed by atoms with E-state index in [0.717, 1.165) is 62.4 Å². The SMILES string of the molecule is O=C1COCN1CCCCN1CCC2C(C1)c1cc(F)ccc1N2c1ccc(F)cc1. The summed E-state index contributed by atoms with van der Waals surface area (Å²) < 4.78 is 32.7. The maximum Gasteiger partial charge on any atom is 0.250 e. The third-order valence-corrected chi connectivity index (χ3v) is 6.72. The number of hydrogen-bond donors (Lipinski definition) is 0. The van der Waals surface area contributed by atoms with Gasteiger partial charge in [0.1, 0.15) is 25.0 Å². The monoisotopic (exact) mass is 427 g/mol. The molecule has 2 aromatic carbocycles. The molecule has 1 amide bonds. The number of amides is 1. The Labute approximate surface area is 181 Å². The average molecular weight is 427 g/mol. The van der Waals surface area contributed by atoms with Crippen LogP contribution in [0.15, 0.2) is 42.5 Å². The van der Waals surface area contributed by atoms with E-state index < -0.39 is 0 Å². The molecule has 3 aliphatic heterocycles. The van der Waals surface area contributed by atoms with E-state index in [2.05, 4.69) is 9.80 Å². The molecule has 0 aromatic heterocycles. The van der Waals surface area contributed by atoms with Gasteiger partial charge >= 0.3 is 0 Å². The van der Waals surface area contributed by atoms with E-state index in [9.17, 15) is 13.6 Å². The number of unbranched alkanes of at least 4 members (excludes halogenated alkanes) is 1. The summed E-state index contributed by atoms with van der Waals surface area (Å²) >= 11 is 0. The lowest BCUT2D eigenvalue weighted by atomic mass is 9.89. The lowest BCUT2D eigenvalue weighted by molar-refractivity contribution is -0.126. The number of fused-ring (bicyclic) bond motifs is 3. The second-order valence-corrected chi connectivity index (χ2v) is 8.65. The molecule has 3 aliphatic rings. The number of carbonyl (C=O) groups is 1. The number of ether oxygens (including phenoxy) is 1. The molecule has 0 radical (unpaired) electrons. The first-order valence-corrected chi connectivity index (χ1v) is 11.0. The van der Waals surface area contributed by atoms with Gasteiger partial charge in [-0.25, -0.2) is 8.78 Å². The Morgan fingerprint density at radius 2 is 1.77 bits per heavy atom. The minimum absolute atomic E-state index is 0.0753. The third kappa shape index (κ3) is 4.04. The van der Waals surface area contributed by atoms with Gasteiger partial charge in [0.15, 0.2) is 0 Å². The molecule has 0 aliphatic carbocycles. The molecule has 0 bridgehead atoms. The van der Waals surface area contributed by atoms with E-state index in [1.807, 2.05) is 6.07 Å². The van der Waals surface area contributed by atoms with Gasteiger partial charge in [-0.3, -0.25) is 4.79 Å². The van der Waals surface area contributed by atoms with Crippen molar-refractivity contribution in [1.29, 1.82) is 0 Å². The van der Waals surface area contributed by atoms with Crippen molar-refractivity contribution in [3.8, 4) is 0 Å². The van der Waals surface area contributed by atoms with Crippen molar-refractivity contribution >= 4 is 17.3 Å². The Balaban J connectivity index is 1.26. The number of likely N-dealkylation sites (tertiary alicyclic amines) is 1. The first-order chi connectivity index (χ1) is 15.1. The van der Waals surface area contributed by atoms with Crippen LogP contribution in [0.4, 0.5) is 20.2 Å². The second kappa shape index (κ2) is 8.55. The van der Waals surface area contributed by atoms with Crippen molar-refractivity contribution in [3.05, 3.63) is 59.7 Å². The zero-order chi connectivity index (χ0) is 21.4. The zero-order valence-electron chi connectivity index (χ0n) is 17.5. The summed E-state index contributed by atoms with van der Waals surface area (Å²) in [5.41, 5.74) is 3.02. The van der Waals surface area contributed by atoms with Gasteiger partial charge in [0.05, 0.1) is 0 Å². The number of anilines is 2. The highest BCUT2D eigenvalue weighted by Crippen LogP contribution is 2.48. The van der Waals surface area contributed by atoms with Crippen LogP contribution in [0, 0.1) is 11.6 Å². The molecule has 0 N–H and O–H groups in total. The maximum absolute atomic E-state index is 14.1. The molecule has 0 saturated carbocycles. The fourth-order valence-corrected chi connectivity index (χ4v) is 5.21. The number of carbonyl (C=O) groups excluding carboxylic acids is 1. The summed E-state index contributed by atoms with van der Waals surface area (Å²) in [6.45, 7) is 4.17. The van der Waals surface area contributed by atoms with E-state index in [0.29, 0.717) is 6.73 Å². The van der Waals surface area contributed by atoms with Gasteiger partial charge in [0.2, 0.25) is 5.91 Å². The van der Waals surface area contributed by atoms with Crippen molar-refractivity contribution in [2.75, 3.05) is 44.4 Å². The molecule has 0 spiro atoms. The molecule has 2 atom stereocenters. The summed E-state index contributed by atoms with van der Waals surface area (Å²) in [7, 11) is 0. The standard InChI is InChI=1S/C24H27F2N3O2/c25-17-3-6-19(7-4-17)29-22-8-5-18(26)13-20(22)21-14-27(12-9-23(21)29)10-1-2-11-28-16-31-15-24(28)30/h3-8,13,21,23H,1-2,9-12,14-16H2. The fraction of sp³-hybridized carbons (Fsp3) is 0.458. The van der Waals surface area contributed by atoms with Crippen LogP contribution in [-0.4, -0.2) is 61.3 Å². The lowest BCUT2D eigenvalue weighted by Crippen LogP contribution is -2.45. The minimum Gasteiger partial charge on any atom is -0.351 e. The number of rotatable bonds is 6. The summed E-state index contributed by atoms with van der Waals surface area (Å²) in [5.74, 6) is -0.173. The summed E-state index contributed by atoms with van der Waals surface area (Å²) in [5, 5.41) is 0. The van der Waals surface area contributed by atoms with Crippen molar-refractivity contribution in [1.82, 2.24) is 9.80 Å². The molecule has 164 valence electrons. The van der Waals surface area contributed by atoms with Crippen LogP contribution in [0.25, 0.3) is 0 Å². The van der Waals surface area contributed by atoms with Crippen LogP contribution < -0.4 is 4.90 Å². The molecule has 2 aromatic rings. The topological polar surface area (TPSA) is 36.0 Å². The van der Waals surface area contributed by atoms with Gasteiger partial charge in [0, 0.05) is 43.0 Å². The number of nitrogens with zero attached hydrogens (tertiary/aromatic N) is 3. The number of benzene rings is 2. The van der Waals surface area contributed by atoms with Crippen molar-refractivity contribution in [2.45, 2.75) is 31.2 Å². The highest BCUT2D eigenvalue weighted by molar-refractivity contribution is 5.78. The predicted molar refractivity (Wildman–Crippen MR) is 114 cm³/mol. The quantitative estimate of drug-likeness (QED) is 0.656. The van der Waals surface area contributed by atoms with E-state index in [4.69, 9.17) is 4.74 Å². The predicted octanol–water partition coefficient (Wildman–Crippen LogP) is 3.87. The summed E-state index contributed by atoms with van der Waals surface area (Å²) in [6, 6.07) is 11.9. The zero-order valence-corrected chi connectivity index (χ0v) is 17.5. The molecular formula is C24H27F2N3O2. The fourth-order valence-electron chi connectivity index (χ4n) is 5.21. The number of halogens is 2. The third-order valence-electron chi connectivity index (χ3n) is 6.72. The van der Waals surface area contributed by atoms with Crippen LogP contribution >= 0.6 is 0 Å². The number of piperidine rings is 1. The highest BCUT2D eigenvalue weighted by Gasteiger charge is 2.42. The van der Waals surface area contributed by atoms with Gasteiger partial charge in [-0.1, -0.05) is 0 Å². The van der Waals surface area contributed by atoms with Crippen molar-refractivity contribution < 1.29 is 18.3 Å². The molecule has 7 heteroatoms. The first kappa shape index (κ1) is 20.4. The summed E-state index contributed by atoms with van der Waals surface area (Å²) in [6.07, 6.45) is 2.93. The normalized spacial score (nSPS) is 23.4. The van der Waals surface area contributed by atoms with Crippen LogP contribution in [0.5, 0.6) is 0 Å². The van der Waals surface area contributed by atoms with E-state index in [-0.39, 0.29) is 36.1 Å². The second-order valence-electron chi connectivity index (χ2n) is 8.65. The van der Waals surface area contributed by atoms with E-state index in [1.165, 1.54) is 18.2 Å². The minimum atomic E-state index is -0.254. The van der Waals surface area contributed by atoms with Gasteiger partial charge in [-0.2, -0.15) is 0 Å². The largest absolute Gasteiger partial charge is 0.351 e. The van der Waals surface area contributed by atoms with Crippen LogP contribution in [0.1, 0.15) is 30.7 Å². The Hall–Kier alpha value is -2.51. The smallest absolute Gasteiger partial charge is 0.250 e. The van der Waals surface area contributed by atoms with Gasteiger partial charge in [0.25, 0.3) is 0 Å². The maximum atomic E-state index is 14.1. The molecular weight excluding hydrogens is 400 g/mol. The van der Waals surface area contributed by atoms with Crippen molar-refractivity contribution in [3.63, 3.8) is 0 Å². The van der Waals surface area contributed by atoms with Crippen molar-refractivity contribution in [2.24, 2.45) is 0 Å². The first-order valence-electron chi connectivity index (χ1n) is 11.0.